The monoisotopic (exact) mass is 322 g/mol. The SMILES string of the molecule is CC(=O)O[C@@H]1[C@@H](CO)OC(n2ccc(=O)[nH]c2=O)[C@@]1(F)Cl. The van der Waals surface area contributed by atoms with Crippen molar-refractivity contribution in [1.82, 2.24) is 9.55 Å². The van der Waals surface area contributed by atoms with Crippen LogP contribution in [0.15, 0.2) is 21.9 Å². The first-order chi connectivity index (χ1) is 9.77. The van der Waals surface area contributed by atoms with Gasteiger partial charge in [0.15, 0.2) is 12.3 Å². The number of esters is 1. The summed E-state index contributed by atoms with van der Waals surface area (Å²) in [7, 11) is 0. The molecule has 0 aliphatic carbocycles. The lowest BCUT2D eigenvalue weighted by atomic mass is 10.1. The maximum atomic E-state index is 14.7. The van der Waals surface area contributed by atoms with E-state index < -0.39 is 47.4 Å². The van der Waals surface area contributed by atoms with Crippen molar-refractivity contribution >= 4 is 17.6 Å². The second kappa shape index (κ2) is 5.58. The van der Waals surface area contributed by atoms with Crippen LogP contribution in [0.5, 0.6) is 0 Å². The van der Waals surface area contributed by atoms with Gasteiger partial charge >= 0.3 is 11.7 Å². The number of hydrogen-bond acceptors (Lipinski definition) is 6. The highest BCUT2D eigenvalue weighted by Crippen LogP contribution is 2.45. The van der Waals surface area contributed by atoms with E-state index in [-0.39, 0.29) is 0 Å². The summed E-state index contributed by atoms with van der Waals surface area (Å²) in [4.78, 5) is 35.6. The highest BCUT2D eigenvalue weighted by molar-refractivity contribution is 6.23. The van der Waals surface area contributed by atoms with Crippen molar-refractivity contribution in [2.45, 2.75) is 30.5 Å². The van der Waals surface area contributed by atoms with E-state index in [2.05, 4.69) is 0 Å². The number of carbonyl (C=O) groups is 1. The van der Waals surface area contributed by atoms with Gasteiger partial charge in [0.05, 0.1) is 6.61 Å². The molecule has 4 atom stereocenters. The molecule has 1 aromatic rings. The number of nitrogens with one attached hydrogen (secondary N) is 1. The molecule has 8 nitrogen and oxygen atoms in total. The first kappa shape index (κ1) is 15.7. The summed E-state index contributed by atoms with van der Waals surface area (Å²) in [6.45, 7) is 0.367. The molecule has 1 fully saturated rings. The molecular formula is C11H12ClFN2O6. The average Bonchev–Trinajstić information content (AvgIpc) is 2.61. The summed E-state index contributed by atoms with van der Waals surface area (Å²) in [6, 6.07) is 0.977. The number of rotatable bonds is 3. The lowest BCUT2D eigenvalue weighted by molar-refractivity contribution is -0.153. The Hall–Kier alpha value is -1.71. The number of hydrogen-bond donors (Lipinski definition) is 2. The van der Waals surface area contributed by atoms with Crippen molar-refractivity contribution in [2.24, 2.45) is 0 Å². The van der Waals surface area contributed by atoms with E-state index in [0.29, 0.717) is 4.57 Å². The molecule has 1 unspecified atom stereocenters. The maximum absolute atomic E-state index is 14.7. The number of aromatic amines is 1. The number of halogens is 2. The Morgan fingerprint density at radius 3 is 2.86 bits per heavy atom. The highest BCUT2D eigenvalue weighted by Gasteiger charge is 2.60. The van der Waals surface area contributed by atoms with Crippen LogP contribution < -0.4 is 11.2 Å². The number of ether oxygens (including phenoxy) is 2. The molecule has 1 aliphatic heterocycles. The standard InChI is InChI=1S/C11H12ClFN2O6/c1-5(17)20-8-6(4-16)21-9(11(8,12)13)15-3-2-7(18)14-10(15)19/h2-3,6,8-9,16H,4H2,1H3,(H,14,18,19)/t6-,8-,9?,11-/m1/s1. The molecule has 1 saturated heterocycles. The van der Waals surface area contributed by atoms with Gasteiger partial charge in [0.2, 0.25) is 0 Å². The number of carbonyl (C=O) groups excluding carboxylic acids is 1. The minimum absolute atomic E-state index is 0.676. The molecule has 1 aliphatic rings. The fourth-order valence-electron chi connectivity index (χ4n) is 2.05. The predicted molar refractivity (Wildman–Crippen MR) is 67.6 cm³/mol. The summed E-state index contributed by atoms with van der Waals surface area (Å²) in [5.41, 5.74) is -1.63. The molecular weight excluding hydrogens is 311 g/mol. The lowest BCUT2D eigenvalue weighted by Crippen LogP contribution is -2.44. The smallest absolute Gasteiger partial charge is 0.330 e. The zero-order valence-electron chi connectivity index (χ0n) is 10.8. The summed E-state index contributed by atoms with van der Waals surface area (Å²) >= 11 is 5.73. The van der Waals surface area contributed by atoms with E-state index in [9.17, 15) is 23.9 Å². The number of aromatic nitrogens is 2. The topological polar surface area (TPSA) is 111 Å². The molecule has 2 heterocycles. The van der Waals surface area contributed by atoms with Gasteiger partial charge in [-0.3, -0.25) is 19.1 Å². The molecule has 0 saturated carbocycles. The summed E-state index contributed by atoms with van der Waals surface area (Å²) < 4.78 is 25.3. The van der Waals surface area contributed by atoms with Crippen LogP contribution in [-0.4, -0.2) is 44.6 Å². The zero-order valence-corrected chi connectivity index (χ0v) is 11.5. The van der Waals surface area contributed by atoms with Crippen LogP contribution in [0.3, 0.4) is 0 Å². The van der Waals surface area contributed by atoms with Gasteiger partial charge in [-0.05, 0) is 0 Å². The third kappa shape index (κ3) is 2.85. The molecule has 1 aromatic heterocycles. The van der Waals surface area contributed by atoms with Crippen LogP contribution in [0.2, 0.25) is 0 Å². The molecule has 116 valence electrons. The van der Waals surface area contributed by atoms with Gasteiger partial charge in [-0.2, -0.15) is 0 Å². The van der Waals surface area contributed by atoms with Crippen LogP contribution in [0.25, 0.3) is 0 Å². The molecule has 10 heteroatoms. The molecule has 0 amide bonds. The average molecular weight is 323 g/mol. The summed E-state index contributed by atoms with van der Waals surface area (Å²) in [5.74, 6) is -0.820. The fraction of sp³-hybridized carbons (Fsp3) is 0.545. The minimum Gasteiger partial charge on any atom is -0.455 e. The first-order valence-corrected chi connectivity index (χ1v) is 6.28. The number of alkyl halides is 2. The van der Waals surface area contributed by atoms with Crippen molar-refractivity contribution in [2.75, 3.05) is 6.61 Å². The van der Waals surface area contributed by atoms with Gasteiger partial charge in [-0.15, -0.1) is 0 Å². The molecule has 0 bridgehead atoms. The van der Waals surface area contributed by atoms with Crippen molar-refractivity contribution in [3.05, 3.63) is 33.1 Å². The fourth-order valence-corrected chi connectivity index (χ4v) is 2.39. The van der Waals surface area contributed by atoms with Gasteiger partial charge in [0.25, 0.3) is 10.7 Å². The molecule has 2 rings (SSSR count). The zero-order chi connectivity index (χ0) is 15.8. The number of nitrogens with zero attached hydrogens (tertiary/aromatic N) is 1. The Labute approximate surface area is 122 Å². The summed E-state index contributed by atoms with van der Waals surface area (Å²) in [5, 5.41) is 6.38. The lowest BCUT2D eigenvalue weighted by Gasteiger charge is -2.24. The van der Waals surface area contributed by atoms with Gasteiger partial charge in [0.1, 0.15) is 6.10 Å². The van der Waals surface area contributed by atoms with Crippen LogP contribution >= 0.6 is 11.6 Å². The second-order valence-corrected chi connectivity index (χ2v) is 5.01. The van der Waals surface area contributed by atoms with Gasteiger partial charge in [-0.1, -0.05) is 11.6 Å². The van der Waals surface area contributed by atoms with Crippen molar-refractivity contribution in [3.8, 4) is 0 Å². The quantitative estimate of drug-likeness (QED) is 0.560. The first-order valence-electron chi connectivity index (χ1n) is 5.90. The van der Waals surface area contributed by atoms with E-state index in [1.807, 2.05) is 4.98 Å². The Bertz CT molecular complexity index is 657. The third-order valence-corrected chi connectivity index (χ3v) is 3.33. The number of aliphatic hydroxyl groups is 1. The molecule has 2 N–H and O–H groups in total. The van der Waals surface area contributed by atoms with Crippen LogP contribution in [0, 0.1) is 0 Å². The molecule has 0 radical (unpaired) electrons. The van der Waals surface area contributed by atoms with E-state index in [0.717, 1.165) is 19.2 Å². The number of H-pyrrole nitrogens is 1. The Morgan fingerprint density at radius 2 is 2.33 bits per heavy atom. The third-order valence-electron chi connectivity index (χ3n) is 2.93. The molecule has 0 spiro atoms. The Kier molecular flexibility index (Phi) is 4.17. The Balaban J connectivity index is 2.43. The minimum atomic E-state index is -2.79. The number of aliphatic hydroxyl groups excluding tert-OH is 1. The second-order valence-electron chi connectivity index (χ2n) is 4.43. The van der Waals surface area contributed by atoms with Crippen molar-refractivity contribution in [3.63, 3.8) is 0 Å². The van der Waals surface area contributed by atoms with E-state index in [1.54, 1.807) is 0 Å². The normalized spacial score (nSPS) is 32.1. The predicted octanol–water partition coefficient (Wildman–Crippen LogP) is -0.737. The van der Waals surface area contributed by atoms with Gasteiger partial charge in [-0.25, -0.2) is 9.18 Å². The molecule has 0 aromatic carbocycles. The van der Waals surface area contributed by atoms with Crippen LogP contribution in [-0.2, 0) is 14.3 Å². The van der Waals surface area contributed by atoms with E-state index >= 15 is 0 Å². The van der Waals surface area contributed by atoms with Crippen LogP contribution in [0.4, 0.5) is 4.39 Å². The summed E-state index contributed by atoms with van der Waals surface area (Å²) in [6.07, 6.45) is -3.54. The van der Waals surface area contributed by atoms with E-state index in [4.69, 9.17) is 21.1 Å². The maximum Gasteiger partial charge on any atom is 0.330 e. The Morgan fingerprint density at radius 1 is 1.67 bits per heavy atom. The highest BCUT2D eigenvalue weighted by atomic mass is 35.5. The van der Waals surface area contributed by atoms with Gasteiger partial charge in [0, 0.05) is 19.2 Å². The van der Waals surface area contributed by atoms with Crippen LogP contribution in [0.1, 0.15) is 13.2 Å². The van der Waals surface area contributed by atoms with Gasteiger partial charge < -0.3 is 14.6 Å². The van der Waals surface area contributed by atoms with Crippen molar-refractivity contribution in [1.29, 1.82) is 0 Å². The molecule has 21 heavy (non-hydrogen) atoms. The largest absolute Gasteiger partial charge is 0.455 e. The van der Waals surface area contributed by atoms with Crippen molar-refractivity contribution < 1.29 is 23.8 Å². The van der Waals surface area contributed by atoms with E-state index in [1.165, 1.54) is 0 Å².